The summed E-state index contributed by atoms with van der Waals surface area (Å²) in [6, 6.07) is 5.80. The van der Waals surface area contributed by atoms with Gasteiger partial charge in [-0.05, 0) is 37.1 Å². The molecule has 1 aliphatic rings. The topological polar surface area (TPSA) is 51.0 Å². The first-order valence-corrected chi connectivity index (χ1v) is 8.10. The van der Waals surface area contributed by atoms with Crippen molar-refractivity contribution >= 4 is 47.4 Å². The van der Waals surface area contributed by atoms with Crippen LogP contribution in [0.15, 0.2) is 27.8 Å². The van der Waals surface area contributed by atoms with Crippen LogP contribution in [-0.2, 0) is 5.75 Å². The van der Waals surface area contributed by atoms with E-state index in [1.54, 1.807) is 6.07 Å². The molecule has 3 rings (SSSR count). The summed E-state index contributed by atoms with van der Waals surface area (Å²) in [7, 11) is 0. The molecule has 8 heteroatoms. The van der Waals surface area contributed by atoms with Crippen LogP contribution in [0.2, 0.25) is 10.0 Å². The van der Waals surface area contributed by atoms with Crippen LogP contribution in [-0.4, -0.2) is 16.7 Å². The lowest BCUT2D eigenvalue weighted by molar-refractivity contribution is 0.374. The second-order valence-corrected chi connectivity index (χ2v) is 6.33. The molecule has 21 heavy (non-hydrogen) atoms. The Kier molecular flexibility index (Phi) is 6.20. The Hall–Kier alpha value is -0.460. The van der Waals surface area contributed by atoms with Crippen molar-refractivity contribution in [3.8, 4) is 0 Å². The number of thioether (sulfide) groups is 1. The third-order valence-electron chi connectivity index (χ3n) is 3.13. The van der Waals surface area contributed by atoms with Gasteiger partial charge in [-0.3, -0.25) is 0 Å². The molecule has 1 aromatic carbocycles. The smallest absolute Gasteiger partial charge is 0.276 e. The molecule has 2 aromatic rings. The zero-order valence-corrected chi connectivity index (χ0v) is 14.2. The Balaban J connectivity index is 0.00000161. The largest absolute Gasteiger partial charge is 0.414 e. The van der Waals surface area contributed by atoms with Crippen LogP contribution < -0.4 is 5.32 Å². The summed E-state index contributed by atoms with van der Waals surface area (Å²) in [5.74, 6) is 1.40. The maximum atomic E-state index is 5.98. The average molecular weight is 367 g/mol. The van der Waals surface area contributed by atoms with Crippen LogP contribution in [0.5, 0.6) is 0 Å². The monoisotopic (exact) mass is 365 g/mol. The van der Waals surface area contributed by atoms with Crippen LogP contribution in [0.4, 0.5) is 0 Å². The summed E-state index contributed by atoms with van der Waals surface area (Å²) in [5, 5.41) is 13.2. The normalized spacial score (nSPS) is 17.7. The van der Waals surface area contributed by atoms with Crippen molar-refractivity contribution in [3.63, 3.8) is 0 Å². The third-order valence-corrected chi connectivity index (χ3v) is 4.76. The molecule has 0 aliphatic carbocycles. The lowest BCUT2D eigenvalue weighted by Crippen LogP contribution is -2.12. The molecule has 2 heterocycles. The fourth-order valence-electron chi connectivity index (χ4n) is 2.09. The summed E-state index contributed by atoms with van der Waals surface area (Å²) >= 11 is 13.4. The van der Waals surface area contributed by atoms with Gasteiger partial charge in [0.25, 0.3) is 5.22 Å². The predicted octanol–water partition coefficient (Wildman–Crippen LogP) is 4.52. The van der Waals surface area contributed by atoms with Gasteiger partial charge in [-0.25, -0.2) is 0 Å². The van der Waals surface area contributed by atoms with Crippen molar-refractivity contribution in [2.75, 3.05) is 6.54 Å². The van der Waals surface area contributed by atoms with E-state index in [4.69, 9.17) is 27.6 Å². The summed E-state index contributed by atoms with van der Waals surface area (Å²) in [4.78, 5) is 0. The van der Waals surface area contributed by atoms with E-state index in [1.807, 2.05) is 12.1 Å². The van der Waals surface area contributed by atoms with E-state index in [9.17, 15) is 0 Å². The van der Waals surface area contributed by atoms with Crippen LogP contribution >= 0.6 is 47.4 Å². The molecule has 1 aromatic heterocycles. The van der Waals surface area contributed by atoms with E-state index in [-0.39, 0.29) is 18.4 Å². The number of halogens is 3. The predicted molar refractivity (Wildman–Crippen MR) is 87.5 cm³/mol. The van der Waals surface area contributed by atoms with Gasteiger partial charge in [0.1, 0.15) is 0 Å². The van der Waals surface area contributed by atoms with Crippen molar-refractivity contribution < 1.29 is 4.42 Å². The van der Waals surface area contributed by atoms with Gasteiger partial charge in [-0.2, -0.15) is 0 Å². The molecule has 114 valence electrons. The Morgan fingerprint density at radius 3 is 2.86 bits per heavy atom. The molecule has 0 bridgehead atoms. The SMILES string of the molecule is Cl.Clc1ccc(CSc2nnc(C3CCCN3)o2)cc1Cl. The molecule has 4 nitrogen and oxygen atoms in total. The molecule has 0 spiro atoms. The van der Waals surface area contributed by atoms with E-state index in [2.05, 4.69) is 15.5 Å². The lowest BCUT2D eigenvalue weighted by Gasteiger charge is -2.02. The number of hydrogen-bond acceptors (Lipinski definition) is 5. The Labute approximate surface area is 143 Å². The molecule has 0 radical (unpaired) electrons. The molecule has 0 saturated carbocycles. The molecule has 1 atom stereocenters. The van der Waals surface area contributed by atoms with Crippen molar-refractivity contribution in [2.45, 2.75) is 29.9 Å². The minimum Gasteiger partial charge on any atom is -0.414 e. The average Bonchev–Trinajstić information content (AvgIpc) is 3.09. The quantitative estimate of drug-likeness (QED) is 0.806. The highest BCUT2D eigenvalue weighted by Crippen LogP contribution is 2.29. The van der Waals surface area contributed by atoms with Crippen molar-refractivity contribution in [2.24, 2.45) is 0 Å². The number of aromatic nitrogens is 2. The summed E-state index contributed by atoms with van der Waals surface area (Å²) < 4.78 is 5.66. The first kappa shape index (κ1) is 16.9. The fraction of sp³-hybridized carbons (Fsp3) is 0.385. The molecule has 0 amide bonds. The van der Waals surface area contributed by atoms with Crippen LogP contribution in [0.3, 0.4) is 0 Å². The summed E-state index contributed by atoms with van der Waals surface area (Å²) in [5.41, 5.74) is 1.07. The van der Waals surface area contributed by atoms with E-state index in [0.717, 1.165) is 30.7 Å². The van der Waals surface area contributed by atoms with Gasteiger partial charge >= 0.3 is 0 Å². The van der Waals surface area contributed by atoms with Crippen LogP contribution in [0.25, 0.3) is 0 Å². The van der Waals surface area contributed by atoms with E-state index >= 15 is 0 Å². The highest BCUT2D eigenvalue weighted by atomic mass is 35.5. The molecule has 1 unspecified atom stereocenters. The summed E-state index contributed by atoms with van der Waals surface area (Å²) in [6.45, 7) is 1.01. The van der Waals surface area contributed by atoms with E-state index in [1.165, 1.54) is 11.8 Å². The first-order chi connectivity index (χ1) is 9.72. The molecule has 1 aliphatic heterocycles. The standard InChI is InChI=1S/C13H13Cl2N3OS.ClH/c14-9-4-3-8(6-10(9)15)7-20-13-18-17-12(19-13)11-2-1-5-16-11;/h3-4,6,11,16H,1-2,5,7H2;1H. The molecule has 1 N–H and O–H groups in total. The number of nitrogens with zero attached hydrogens (tertiary/aromatic N) is 2. The number of benzene rings is 1. The highest BCUT2D eigenvalue weighted by molar-refractivity contribution is 7.98. The van der Waals surface area contributed by atoms with Crippen molar-refractivity contribution in [3.05, 3.63) is 39.7 Å². The zero-order chi connectivity index (χ0) is 13.9. The first-order valence-electron chi connectivity index (χ1n) is 6.36. The van der Waals surface area contributed by atoms with Crippen LogP contribution in [0.1, 0.15) is 30.3 Å². The van der Waals surface area contributed by atoms with Crippen molar-refractivity contribution in [1.82, 2.24) is 15.5 Å². The van der Waals surface area contributed by atoms with Gasteiger partial charge in [0.05, 0.1) is 16.1 Å². The van der Waals surface area contributed by atoms with Gasteiger partial charge in [-0.1, -0.05) is 41.0 Å². The highest BCUT2D eigenvalue weighted by Gasteiger charge is 2.22. The second-order valence-electron chi connectivity index (χ2n) is 4.59. The Morgan fingerprint density at radius 2 is 2.14 bits per heavy atom. The Morgan fingerprint density at radius 1 is 1.29 bits per heavy atom. The van der Waals surface area contributed by atoms with Gasteiger partial charge in [0.2, 0.25) is 5.89 Å². The lowest BCUT2D eigenvalue weighted by atomic mass is 10.2. The molecule has 1 fully saturated rings. The minimum absolute atomic E-state index is 0. The Bertz CT molecular complexity index is 602. The van der Waals surface area contributed by atoms with Gasteiger partial charge in [-0.15, -0.1) is 22.6 Å². The minimum atomic E-state index is 0. The number of rotatable bonds is 4. The van der Waals surface area contributed by atoms with Crippen LogP contribution in [0, 0.1) is 0 Å². The van der Waals surface area contributed by atoms with E-state index in [0.29, 0.717) is 21.2 Å². The third kappa shape index (κ3) is 4.27. The molecular formula is C13H14Cl3N3OS. The molecular weight excluding hydrogens is 353 g/mol. The zero-order valence-electron chi connectivity index (χ0n) is 11.0. The van der Waals surface area contributed by atoms with Crippen molar-refractivity contribution in [1.29, 1.82) is 0 Å². The van der Waals surface area contributed by atoms with Gasteiger partial charge < -0.3 is 9.73 Å². The maximum Gasteiger partial charge on any atom is 0.276 e. The molecule has 1 saturated heterocycles. The summed E-state index contributed by atoms with van der Waals surface area (Å²) in [6.07, 6.45) is 2.21. The van der Waals surface area contributed by atoms with Gasteiger partial charge in [0.15, 0.2) is 0 Å². The van der Waals surface area contributed by atoms with Gasteiger partial charge in [0, 0.05) is 5.75 Å². The number of nitrogens with one attached hydrogen (secondary N) is 1. The maximum absolute atomic E-state index is 5.98. The van der Waals surface area contributed by atoms with E-state index < -0.39 is 0 Å². The second kappa shape index (κ2) is 7.70. The fourth-order valence-corrected chi connectivity index (χ4v) is 3.12. The number of hydrogen-bond donors (Lipinski definition) is 1.